The van der Waals surface area contributed by atoms with Crippen LogP contribution < -0.4 is 10.6 Å². The van der Waals surface area contributed by atoms with E-state index in [1.54, 1.807) is 0 Å². The number of hydrogen-bond donors (Lipinski definition) is 2. The van der Waals surface area contributed by atoms with E-state index in [0.717, 1.165) is 19.3 Å². The van der Waals surface area contributed by atoms with E-state index >= 15 is 0 Å². The van der Waals surface area contributed by atoms with Gasteiger partial charge in [0.25, 0.3) is 0 Å². The minimum absolute atomic E-state index is 0.190. The van der Waals surface area contributed by atoms with Crippen LogP contribution in [0.1, 0.15) is 52.4 Å². The molecule has 1 heterocycles. The van der Waals surface area contributed by atoms with Gasteiger partial charge < -0.3 is 10.6 Å². The van der Waals surface area contributed by atoms with E-state index in [1.807, 2.05) is 0 Å². The van der Waals surface area contributed by atoms with E-state index in [4.69, 9.17) is 0 Å². The highest BCUT2D eigenvalue weighted by Crippen LogP contribution is 2.45. The van der Waals surface area contributed by atoms with E-state index < -0.39 is 14.6 Å². The van der Waals surface area contributed by atoms with Crippen LogP contribution in [0.25, 0.3) is 0 Å². The number of piperidine rings is 1. The maximum absolute atomic E-state index is 12.7. The van der Waals surface area contributed by atoms with E-state index in [1.165, 1.54) is 12.7 Å². The molecule has 1 amide bonds. The quantitative estimate of drug-likeness (QED) is 0.774. The van der Waals surface area contributed by atoms with Gasteiger partial charge in [0.2, 0.25) is 5.91 Å². The van der Waals surface area contributed by atoms with Crippen LogP contribution in [0.3, 0.4) is 0 Å². The zero-order valence-electron chi connectivity index (χ0n) is 14.1. The predicted molar refractivity (Wildman–Crippen MR) is 88.4 cm³/mol. The fraction of sp³-hybridized carbons (Fsp3) is 0.938. The molecule has 2 fully saturated rings. The Morgan fingerprint density at radius 1 is 1.18 bits per heavy atom. The first-order chi connectivity index (χ1) is 10.2. The summed E-state index contributed by atoms with van der Waals surface area (Å²) in [7, 11) is -3.42. The Morgan fingerprint density at radius 2 is 1.77 bits per heavy atom. The second-order valence-corrected chi connectivity index (χ2v) is 9.98. The fourth-order valence-electron chi connectivity index (χ4n) is 4.02. The number of amides is 1. The lowest BCUT2D eigenvalue weighted by atomic mass is 9.64. The van der Waals surface area contributed by atoms with Crippen LogP contribution in [0.2, 0.25) is 0 Å². The number of rotatable bonds is 6. The standard InChI is InChI=1S/C16H30N2O3S/c1-13(2)11-15(5-4-6-15)12-18-14(19)16(22(3,20)21)7-9-17-10-8-16/h13,17H,4-12H2,1-3H3,(H,18,19). The largest absolute Gasteiger partial charge is 0.354 e. The summed E-state index contributed by atoms with van der Waals surface area (Å²) in [6.07, 6.45) is 6.52. The Bertz CT molecular complexity index is 503. The van der Waals surface area contributed by atoms with E-state index in [0.29, 0.717) is 38.4 Å². The molecular formula is C16H30N2O3S. The van der Waals surface area contributed by atoms with Gasteiger partial charge in [0.15, 0.2) is 14.6 Å². The Labute approximate surface area is 134 Å². The van der Waals surface area contributed by atoms with Gasteiger partial charge in [-0.25, -0.2) is 8.42 Å². The molecule has 2 rings (SSSR count). The molecule has 0 radical (unpaired) electrons. The Hall–Kier alpha value is -0.620. The van der Waals surface area contributed by atoms with Gasteiger partial charge in [-0.15, -0.1) is 0 Å². The van der Waals surface area contributed by atoms with Gasteiger partial charge in [-0.05, 0) is 56.5 Å². The number of hydrogen-bond acceptors (Lipinski definition) is 4. The molecule has 1 saturated heterocycles. The van der Waals surface area contributed by atoms with Crippen LogP contribution in [0.4, 0.5) is 0 Å². The third-order valence-corrected chi connectivity index (χ3v) is 7.43. The third-order valence-electron chi connectivity index (χ3n) is 5.41. The summed E-state index contributed by atoms with van der Waals surface area (Å²) >= 11 is 0. The van der Waals surface area contributed by atoms with Gasteiger partial charge >= 0.3 is 0 Å². The summed E-state index contributed by atoms with van der Waals surface area (Å²) in [4.78, 5) is 12.7. The molecule has 0 aromatic rings. The highest BCUT2D eigenvalue weighted by atomic mass is 32.2. The molecule has 22 heavy (non-hydrogen) atoms. The molecule has 1 saturated carbocycles. The van der Waals surface area contributed by atoms with Crippen molar-refractivity contribution in [2.45, 2.75) is 57.1 Å². The molecule has 2 N–H and O–H groups in total. The second-order valence-electron chi connectivity index (χ2n) is 7.65. The van der Waals surface area contributed by atoms with Gasteiger partial charge in [0.05, 0.1) is 0 Å². The summed E-state index contributed by atoms with van der Waals surface area (Å²) in [6, 6.07) is 0. The van der Waals surface area contributed by atoms with Crippen molar-refractivity contribution in [3.63, 3.8) is 0 Å². The van der Waals surface area contributed by atoms with Crippen molar-refractivity contribution in [1.82, 2.24) is 10.6 Å². The Kier molecular flexibility index (Phi) is 5.22. The lowest BCUT2D eigenvalue weighted by molar-refractivity contribution is -0.125. The predicted octanol–water partition coefficient (Wildman–Crippen LogP) is 1.49. The first kappa shape index (κ1) is 17.7. The molecule has 1 aliphatic carbocycles. The van der Waals surface area contributed by atoms with Gasteiger partial charge in [-0.1, -0.05) is 20.3 Å². The first-order valence-electron chi connectivity index (χ1n) is 8.39. The Balaban J connectivity index is 2.06. The van der Waals surface area contributed by atoms with Crippen molar-refractivity contribution >= 4 is 15.7 Å². The van der Waals surface area contributed by atoms with Crippen molar-refractivity contribution < 1.29 is 13.2 Å². The number of carbonyl (C=O) groups excluding carboxylic acids is 1. The van der Waals surface area contributed by atoms with Crippen LogP contribution in [0.15, 0.2) is 0 Å². The summed E-state index contributed by atoms with van der Waals surface area (Å²) < 4.78 is 23.3. The molecule has 2 aliphatic rings. The van der Waals surface area contributed by atoms with Gasteiger partial charge in [-0.3, -0.25) is 4.79 Å². The average Bonchev–Trinajstić information content (AvgIpc) is 2.40. The highest BCUT2D eigenvalue weighted by molar-refractivity contribution is 7.92. The van der Waals surface area contributed by atoms with Crippen LogP contribution >= 0.6 is 0 Å². The molecule has 0 aromatic carbocycles. The van der Waals surface area contributed by atoms with Gasteiger partial charge in [-0.2, -0.15) is 0 Å². The third kappa shape index (κ3) is 3.48. The van der Waals surface area contributed by atoms with Crippen LogP contribution in [0.5, 0.6) is 0 Å². The molecule has 0 bridgehead atoms. The zero-order chi connectivity index (χ0) is 16.4. The molecule has 5 nitrogen and oxygen atoms in total. The van der Waals surface area contributed by atoms with Crippen molar-refractivity contribution in [2.24, 2.45) is 11.3 Å². The summed E-state index contributed by atoms with van der Waals surface area (Å²) in [5, 5.41) is 6.14. The lowest BCUT2D eigenvalue weighted by Gasteiger charge is -2.44. The molecule has 6 heteroatoms. The molecule has 128 valence electrons. The van der Waals surface area contributed by atoms with E-state index in [2.05, 4.69) is 24.5 Å². The van der Waals surface area contributed by atoms with Crippen molar-refractivity contribution in [3.8, 4) is 0 Å². The normalized spacial score (nSPS) is 23.8. The Morgan fingerprint density at radius 3 is 2.18 bits per heavy atom. The molecule has 1 aliphatic heterocycles. The zero-order valence-corrected chi connectivity index (χ0v) is 14.9. The molecule has 0 atom stereocenters. The first-order valence-corrected chi connectivity index (χ1v) is 10.3. The molecular weight excluding hydrogens is 300 g/mol. The minimum Gasteiger partial charge on any atom is -0.354 e. The number of nitrogens with one attached hydrogen (secondary N) is 2. The van der Waals surface area contributed by atoms with Crippen LogP contribution in [-0.4, -0.2) is 45.0 Å². The number of sulfone groups is 1. The monoisotopic (exact) mass is 330 g/mol. The smallest absolute Gasteiger partial charge is 0.241 e. The average molecular weight is 330 g/mol. The van der Waals surface area contributed by atoms with Gasteiger partial charge in [0, 0.05) is 12.8 Å². The van der Waals surface area contributed by atoms with Crippen LogP contribution in [-0.2, 0) is 14.6 Å². The highest BCUT2D eigenvalue weighted by Gasteiger charge is 2.49. The van der Waals surface area contributed by atoms with E-state index in [9.17, 15) is 13.2 Å². The van der Waals surface area contributed by atoms with Crippen molar-refractivity contribution in [1.29, 1.82) is 0 Å². The second kappa shape index (κ2) is 6.48. The van der Waals surface area contributed by atoms with Crippen molar-refractivity contribution in [3.05, 3.63) is 0 Å². The topological polar surface area (TPSA) is 75.3 Å². The van der Waals surface area contributed by atoms with Crippen LogP contribution in [0, 0.1) is 11.3 Å². The van der Waals surface area contributed by atoms with E-state index in [-0.39, 0.29) is 11.3 Å². The summed E-state index contributed by atoms with van der Waals surface area (Å²) in [5.74, 6) is 0.312. The number of carbonyl (C=O) groups is 1. The summed E-state index contributed by atoms with van der Waals surface area (Å²) in [6.45, 7) is 6.18. The SMILES string of the molecule is CC(C)CC1(CNC(=O)C2(S(C)(=O)=O)CCNCC2)CCC1. The van der Waals surface area contributed by atoms with Crippen molar-refractivity contribution in [2.75, 3.05) is 25.9 Å². The molecule has 0 unspecified atom stereocenters. The fourth-order valence-corrected chi connectivity index (χ4v) is 5.38. The maximum atomic E-state index is 12.7. The molecule has 0 aromatic heterocycles. The van der Waals surface area contributed by atoms with Gasteiger partial charge in [0.1, 0.15) is 0 Å². The minimum atomic E-state index is -3.42. The summed E-state index contributed by atoms with van der Waals surface area (Å²) in [5.41, 5.74) is 0.190. The molecule has 0 spiro atoms. The maximum Gasteiger partial charge on any atom is 0.241 e. The lowest BCUT2D eigenvalue weighted by Crippen LogP contribution is -2.58.